The summed E-state index contributed by atoms with van der Waals surface area (Å²) in [5.74, 6) is -2.63. The summed E-state index contributed by atoms with van der Waals surface area (Å²) in [7, 11) is 1.35. The number of hydrogen-bond donors (Lipinski definition) is 3. The molecule has 0 spiro atoms. The van der Waals surface area contributed by atoms with Gasteiger partial charge in [0.05, 0.1) is 22.2 Å². The van der Waals surface area contributed by atoms with Crippen LogP contribution in [0.3, 0.4) is 0 Å². The van der Waals surface area contributed by atoms with Crippen molar-refractivity contribution in [2.75, 3.05) is 49.8 Å². The zero-order valence-corrected chi connectivity index (χ0v) is 23.7. The normalized spacial score (nSPS) is 17.7. The van der Waals surface area contributed by atoms with Crippen LogP contribution in [0.25, 0.3) is 0 Å². The van der Waals surface area contributed by atoms with Gasteiger partial charge in [-0.05, 0) is 56.8 Å². The van der Waals surface area contributed by atoms with Crippen LogP contribution in [-0.4, -0.2) is 79.9 Å². The second kappa shape index (κ2) is 11.2. The van der Waals surface area contributed by atoms with E-state index in [1.807, 2.05) is 30.9 Å². The number of fused-ring (bicyclic) bond motifs is 1. The molecule has 5 rings (SSSR count). The van der Waals surface area contributed by atoms with Gasteiger partial charge in [0.1, 0.15) is 11.6 Å². The number of halogens is 2. The van der Waals surface area contributed by atoms with Crippen molar-refractivity contribution in [2.45, 2.75) is 36.7 Å². The monoisotopic (exact) mass is 587 g/mol. The smallest absolute Gasteiger partial charge is 0.258 e. The van der Waals surface area contributed by atoms with E-state index < -0.39 is 32.5 Å². The van der Waals surface area contributed by atoms with Crippen molar-refractivity contribution in [1.82, 2.24) is 19.4 Å². The Hall–Kier alpha value is -3.88. The van der Waals surface area contributed by atoms with Crippen LogP contribution >= 0.6 is 0 Å². The maximum Gasteiger partial charge on any atom is 0.258 e. The van der Waals surface area contributed by atoms with Crippen molar-refractivity contribution >= 4 is 39.0 Å². The Bertz CT molecular complexity index is 1590. The van der Waals surface area contributed by atoms with Gasteiger partial charge in [0.25, 0.3) is 5.91 Å². The number of amides is 2. The minimum absolute atomic E-state index is 0.0564. The zero-order valence-electron chi connectivity index (χ0n) is 22.9. The second-order valence-electron chi connectivity index (χ2n) is 10.4. The molecule has 1 fully saturated rings. The summed E-state index contributed by atoms with van der Waals surface area (Å²) in [4.78, 5) is 29.9. The summed E-state index contributed by atoms with van der Waals surface area (Å²) in [5.41, 5.74) is 2.40. The van der Waals surface area contributed by atoms with Gasteiger partial charge in [-0.2, -0.15) is 9.40 Å². The van der Waals surface area contributed by atoms with Crippen molar-refractivity contribution in [3.63, 3.8) is 0 Å². The lowest BCUT2D eigenvalue weighted by atomic mass is 10.1. The highest BCUT2D eigenvalue weighted by Gasteiger charge is 2.33. The molecule has 0 saturated carbocycles. The van der Waals surface area contributed by atoms with Crippen molar-refractivity contribution < 1.29 is 26.8 Å². The fourth-order valence-electron chi connectivity index (χ4n) is 5.15. The van der Waals surface area contributed by atoms with E-state index in [1.165, 1.54) is 0 Å². The van der Waals surface area contributed by atoms with Gasteiger partial charge in [0.2, 0.25) is 15.9 Å². The van der Waals surface area contributed by atoms with Gasteiger partial charge in [-0.25, -0.2) is 17.2 Å². The van der Waals surface area contributed by atoms with Crippen LogP contribution in [-0.2, 0) is 27.8 Å². The van der Waals surface area contributed by atoms with Crippen molar-refractivity contribution in [3.05, 3.63) is 64.9 Å². The van der Waals surface area contributed by atoms with E-state index in [0.29, 0.717) is 23.0 Å². The molecule has 14 heteroatoms. The number of nitrogens with zero attached hydrogens (tertiary/aromatic N) is 4. The van der Waals surface area contributed by atoms with Crippen LogP contribution in [0.4, 0.5) is 26.0 Å². The van der Waals surface area contributed by atoms with E-state index in [-0.39, 0.29) is 42.8 Å². The first kappa shape index (κ1) is 28.6. The number of carbonyl (C=O) groups excluding carboxylic acids is 2. The number of benzene rings is 2. The Kier molecular flexibility index (Phi) is 7.81. The third-order valence-corrected chi connectivity index (χ3v) is 9.27. The summed E-state index contributed by atoms with van der Waals surface area (Å²) in [6.07, 6.45) is 1.88. The molecule has 41 heavy (non-hydrogen) atoms. The van der Waals surface area contributed by atoms with Crippen LogP contribution in [0.2, 0.25) is 0 Å². The van der Waals surface area contributed by atoms with E-state index in [9.17, 15) is 26.8 Å². The Balaban J connectivity index is 1.39. The van der Waals surface area contributed by atoms with E-state index in [1.54, 1.807) is 18.2 Å². The molecular formula is C27H31F2N7O4S. The van der Waals surface area contributed by atoms with E-state index in [4.69, 9.17) is 0 Å². The fourth-order valence-corrected chi connectivity index (χ4v) is 6.60. The molecule has 3 aromatic rings. The van der Waals surface area contributed by atoms with Crippen LogP contribution < -0.4 is 15.5 Å². The second-order valence-corrected chi connectivity index (χ2v) is 12.4. The number of anilines is 3. The Morgan fingerprint density at radius 1 is 1.07 bits per heavy atom. The van der Waals surface area contributed by atoms with E-state index >= 15 is 0 Å². The Morgan fingerprint density at radius 2 is 1.80 bits per heavy atom. The maximum atomic E-state index is 13.8. The topological polar surface area (TPSA) is 131 Å². The molecular weight excluding hydrogens is 556 g/mol. The van der Waals surface area contributed by atoms with Gasteiger partial charge in [-0.3, -0.25) is 19.6 Å². The molecule has 3 heterocycles. The maximum absolute atomic E-state index is 13.8. The lowest BCUT2D eigenvalue weighted by Crippen LogP contribution is -2.37. The van der Waals surface area contributed by atoms with Gasteiger partial charge < -0.3 is 15.5 Å². The molecule has 2 aliphatic heterocycles. The minimum Gasteiger partial charge on any atom is -0.378 e. The van der Waals surface area contributed by atoms with Crippen LogP contribution in [0.15, 0.2) is 41.3 Å². The summed E-state index contributed by atoms with van der Waals surface area (Å²) in [6.45, 7) is 0.703. The first-order chi connectivity index (χ1) is 19.4. The third kappa shape index (κ3) is 5.80. The molecule has 1 saturated heterocycles. The number of hydrogen-bond acceptors (Lipinski definition) is 7. The van der Waals surface area contributed by atoms with Crippen molar-refractivity contribution in [3.8, 4) is 0 Å². The lowest BCUT2D eigenvalue weighted by molar-refractivity contribution is -0.119. The molecule has 2 aliphatic rings. The molecule has 11 nitrogen and oxygen atoms in total. The highest BCUT2D eigenvalue weighted by molar-refractivity contribution is 7.89. The number of likely N-dealkylation sites (N-methyl/N-ethyl adjacent to an activating group) is 1. The molecule has 0 radical (unpaired) electrons. The number of likely N-dealkylation sites (tertiary alicyclic amines) is 1. The van der Waals surface area contributed by atoms with Gasteiger partial charge in [-0.1, -0.05) is 0 Å². The number of aromatic amines is 1. The number of carbonyl (C=O) groups is 2. The fraction of sp³-hybridized carbons (Fsp3) is 0.370. The summed E-state index contributed by atoms with van der Waals surface area (Å²) in [6, 6.07) is 6.90. The molecule has 2 amide bonds. The lowest BCUT2D eigenvalue weighted by Gasteiger charge is -2.26. The number of sulfonamides is 1. The van der Waals surface area contributed by atoms with Crippen LogP contribution in [0.5, 0.6) is 0 Å². The Morgan fingerprint density at radius 3 is 2.46 bits per heavy atom. The van der Waals surface area contributed by atoms with Gasteiger partial charge >= 0.3 is 0 Å². The molecule has 0 bridgehead atoms. The molecule has 1 atom stereocenters. The first-order valence-corrected chi connectivity index (χ1v) is 14.5. The average molecular weight is 588 g/mol. The number of rotatable bonds is 7. The van der Waals surface area contributed by atoms with Gasteiger partial charge in [0, 0.05) is 56.6 Å². The molecule has 1 aromatic heterocycles. The average Bonchev–Trinajstić information content (AvgIpc) is 3.53. The summed E-state index contributed by atoms with van der Waals surface area (Å²) >= 11 is 0. The van der Waals surface area contributed by atoms with Gasteiger partial charge in [-0.15, -0.1) is 0 Å². The largest absolute Gasteiger partial charge is 0.378 e. The highest BCUT2D eigenvalue weighted by atomic mass is 32.2. The standard InChI is InChI=1S/C27H31F2N7O4S/c1-34(2)18-6-7-20(23(14-18)30-27(38)24-5-4-9-35(24)3)26(37)31-25-21-15-36(10-8-22(21)32-33-25)41(39,40)19-12-16(28)11-17(29)13-19/h6-7,11-14,24H,4-5,8-10,15H2,1-3H3,(H,30,38)(H2,31,32,33,37)/t24-/m1/s1. The molecule has 2 aromatic carbocycles. The summed E-state index contributed by atoms with van der Waals surface area (Å²) in [5, 5.41) is 12.7. The SMILES string of the molecule is CN(C)c1ccc(C(=O)Nc2n[nH]c3c2CN(S(=O)(=O)c2cc(F)cc(F)c2)CC3)c(NC(=O)[C@H]2CCCN2C)c1. The number of nitrogens with one attached hydrogen (secondary N) is 3. The third-order valence-electron chi connectivity index (χ3n) is 7.45. The predicted molar refractivity (Wildman–Crippen MR) is 149 cm³/mol. The first-order valence-electron chi connectivity index (χ1n) is 13.1. The molecule has 0 unspecified atom stereocenters. The van der Waals surface area contributed by atoms with Crippen molar-refractivity contribution in [2.24, 2.45) is 0 Å². The number of H-pyrrole nitrogens is 1. The number of aromatic nitrogens is 2. The zero-order chi connectivity index (χ0) is 29.5. The van der Waals surface area contributed by atoms with E-state index in [2.05, 4.69) is 20.8 Å². The van der Waals surface area contributed by atoms with E-state index in [0.717, 1.165) is 41.5 Å². The summed E-state index contributed by atoms with van der Waals surface area (Å²) < 4.78 is 54.9. The minimum atomic E-state index is -4.23. The Labute approximate surface area is 236 Å². The van der Waals surface area contributed by atoms with Crippen LogP contribution in [0.1, 0.15) is 34.5 Å². The van der Waals surface area contributed by atoms with Crippen molar-refractivity contribution in [1.29, 1.82) is 0 Å². The molecule has 218 valence electrons. The predicted octanol–water partition coefficient (Wildman–Crippen LogP) is 2.79. The van der Waals surface area contributed by atoms with Gasteiger partial charge in [0.15, 0.2) is 5.82 Å². The molecule has 0 aliphatic carbocycles. The quantitative estimate of drug-likeness (QED) is 0.388. The van der Waals surface area contributed by atoms with Crippen LogP contribution in [0, 0.1) is 11.6 Å². The molecule has 3 N–H and O–H groups in total. The highest BCUT2D eigenvalue weighted by Crippen LogP contribution is 2.30.